The number of ether oxygens (including phenoxy) is 1. The molecule has 0 saturated carbocycles. The van der Waals surface area contributed by atoms with Crippen LogP contribution in [-0.4, -0.2) is 43.5 Å². The number of rotatable bonds is 2. The molecule has 1 aliphatic heterocycles. The van der Waals surface area contributed by atoms with Gasteiger partial charge in [0, 0.05) is 6.20 Å². The van der Waals surface area contributed by atoms with Crippen molar-refractivity contribution in [3.63, 3.8) is 0 Å². The van der Waals surface area contributed by atoms with E-state index in [1.165, 1.54) is 12.3 Å². The number of aliphatic hydroxyl groups is 2. The average Bonchev–Trinajstić information content (AvgIpc) is 2.63. The van der Waals surface area contributed by atoms with Crippen LogP contribution in [0.3, 0.4) is 0 Å². The number of halogens is 1. The van der Waals surface area contributed by atoms with Crippen molar-refractivity contribution < 1.29 is 14.9 Å². The van der Waals surface area contributed by atoms with E-state index < -0.39 is 35.6 Å². The Morgan fingerprint density at radius 1 is 1.70 bits per heavy atom. The van der Waals surface area contributed by atoms with Gasteiger partial charge in [-0.25, -0.2) is 4.79 Å². The van der Waals surface area contributed by atoms with E-state index in [0.717, 1.165) is 4.57 Å². The minimum atomic E-state index is -1.55. The van der Waals surface area contributed by atoms with Crippen LogP contribution >= 0.6 is 11.6 Å². The Hall–Kier alpha value is -1.59. The first-order valence-corrected chi connectivity index (χ1v) is 6.23. The van der Waals surface area contributed by atoms with Crippen LogP contribution in [0.5, 0.6) is 0 Å². The summed E-state index contributed by atoms with van der Waals surface area (Å²) in [6.07, 6.45) is -1.92. The summed E-state index contributed by atoms with van der Waals surface area (Å²) in [5.74, 6) is 5.29. The Labute approximate surface area is 120 Å². The van der Waals surface area contributed by atoms with Crippen LogP contribution in [-0.2, 0) is 4.74 Å². The quantitative estimate of drug-likeness (QED) is 0.481. The first-order valence-electron chi connectivity index (χ1n) is 5.86. The predicted molar refractivity (Wildman–Crippen MR) is 71.9 cm³/mol. The van der Waals surface area contributed by atoms with Gasteiger partial charge in [-0.15, -0.1) is 5.92 Å². The fourth-order valence-electron chi connectivity index (χ4n) is 2.10. The molecule has 20 heavy (non-hydrogen) atoms. The lowest BCUT2D eigenvalue weighted by Gasteiger charge is -2.25. The fraction of sp³-hybridized carbons (Fsp3) is 0.500. The lowest BCUT2D eigenvalue weighted by atomic mass is 9.99. The Morgan fingerprint density at radius 3 is 2.95 bits per heavy atom. The third kappa shape index (κ3) is 2.27. The normalized spacial score (nSPS) is 32.7. The summed E-state index contributed by atoms with van der Waals surface area (Å²) in [5, 5.41) is 19.3. The van der Waals surface area contributed by atoms with Crippen LogP contribution in [0.15, 0.2) is 17.1 Å². The zero-order valence-corrected chi connectivity index (χ0v) is 11.4. The number of alkyl halides is 1. The second kappa shape index (κ2) is 5.42. The average molecular weight is 300 g/mol. The van der Waals surface area contributed by atoms with Crippen LogP contribution in [0.1, 0.15) is 13.2 Å². The van der Waals surface area contributed by atoms with Gasteiger partial charge in [0.1, 0.15) is 18.0 Å². The molecule has 1 aromatic heterocycles. The van der Waals surface area contributed by atoms with Crippen molar-refractivity contribution in [1.82, 2.24) is 9.55 Å². The highest BCUT2D eigenvalue weighted by Crippen LogP contribution is 2.42. The maximum atomic E-state index is 11.9. The topological polar surface area (TPSA) is 111 Å². The highest BCUT2D eigenvalue weighted by atomic mass is 35.5. The van der Waals surface area contributed by atoms with Crippen molar-refractivity contribution in [2.45, 2.75) is 30.2 Å². The zero-order chi connectivity index (χ0) is 14.9. The summed E-state index contributed by atoms with van der Waals surface area (Å²) in [7, 11) is 0. The SMILES string of the molecule is CC#CC1(Cl)[C@@H](O)[C@@H](CO)O[C@H]1n1ccc(N)nc1=O. The number of aromatic nitrogens is 2. The molecule has 4 N–H and O–H groups in total. The molecule has 0 radical (unpaired) electrons. The Bertz CT molecular complexity index is 623. The molecule has 0 bridgehead atoms. The van der Waals surface area contributed by atoms with Gasteiger partial charge < -0.3 is 20.7 Å². The lowest BCUT2D eigenvalue weighted by molar-refractivity contribution is -0.0464. The van der Waals surface area contributed by atoms with Crippen molar-refractivity contribution in [3.8, 4) is 11.8 Å². The van der Waals surface area contributed by atoms with Crippen molar-refractivity contribution >= 4 is 17.4 Å². The van der Waals surface area contributed by atoms with E-state index in [1.54, 1.807) is 6.92 Å². The van der Waals surface area contributed by atoms with Crippen LogP contribution in [0, 0.1) is 11.8 Å². The first-order chi connectivity index (χ1) is 9.43. The number of nitrogens with two attached hydrogens (primary N) is 1. The van der Waals surface area contributed by atoms with E-state index >= 15 is 0 Å². The minimum absolute atomic E-state index is 0.0604. The molecule has 1 fully saturated rings. The maximum absolute atomic E-state index is 11.9. The Morgan fingerprint density at radius 2 is 2.40 bits per heavy atom. The second-order valence-electron chi connectivity index (χ2n) is 4.34. The van der Waals surface area contributed by atoms with Gasteiger partial charge in [0.25, 0.3) is 0 Å². The smallest absolute Gasteiger partial charge is 0.351 e. The molecule has 2 rings (SSSR count). The van der Waals surface area contributed by atoms with Gasteiger partial charge in [0.2, 0.25) is 0 Å². The summed E-state index contributed by atoms with van der Waals surface area (Å²) in [4.78, 5) is 13.9. The summed E-state index contributed by atoms with van der Waals surface area (Å²) < 4.78 is 6.54. The molecule has 7 nitrogen and oxygen atoms in total. The van der Waals surface area contributed by atoms with Crippen LogP contribution in [0.4, 0.5) is 5.82 Å². The first kappa shape index (κ1) is 14.8. The molecule has 0 aliphatic carbocycles. The number of hydrogen-bond acceptors (Lipinski definition) is 6. The van der Waals surface area contributed by atoms with Crippen LogP contribution < -0.4 is 11.4 Å². The van der Waals surface area contributed by atoms with E-state index in [9.17, 15) is 15.0 Å². The van der Waals surface area contributed by atoms with Crippen molar-refractivity contribution in [3.05, 3.63) is 22.7 Å². The molecular formula is C12H14ClN3O4. The molecule has 2 heterocycles. The van der Waals surface area contributed by atoms with Crippen molar-refractivity contribution in [2.75, 3.05) is 12.3 Å². The standard InChI is InChI=1S/C12H14ClN3O4/c1-2-4-12(13)9(18)7(6-17)20-10(12)16-5-3-8(14)15-11(16)19/h3,5,7,9-10,17-18H,6H2,1H3,(H2,14,15,19)/t7-,9+,10-,12?/m1/s1. The number of aliphatic hydroxyl groups excluding tert-OH is 2. The second-order valence-corrected chi connectivity index (χ2v) is 4.97. The highest BCUT2D eigenvalue weighted by molar-refractivity contribution is 6.27. The number of nitrogen functional groups attached to an aromatic ring is 1. The van der Waals surface area contributed by atoms with E-state index in [-0.39, 0.29) is 5.82 Å². The fourth-order valence-corrected chi connectivity index (χ4v) is 2.49. The molecule has 0 amide bonds. The molecule has 0 aromatic carbocycles. The van der Waals surface area contributed by atoms with Gasteiger partial charge in [-0.05, 0) is 13.0 Å². The third-order valence-corrected chi connectivity index (χ3v) is 3.55. The summed E-state index contributed by atoms with van der Waals surface area (Å²) in [5.41, 5.74) is 4.74. The van der Waals surface area contributed by atoms with E-state index in [1.807, 2.05) is 0 Å². The Kier molecular flexibility index (Phi) is 4.01. The molecule has 4 atom stereocenters. The van der Waals surface area contributed by atoms with E-state index in [2.05, 4.69) is 16.8 Å². The highest BCUT2D eigenvalue weighted by Gasteiger charge is 2.55. The molecule has 1 saturated heterocycles. The number of nitrogens with zero attached hydrogens (tertiary/aromatic N) is 2. The predicted octanol–water partition coefficient (Wildman–Crippen LogP) is -0.923. The largest absolute Gasteiger partial charge is 0.394 e. The molecule has 1 aliphatic rings. The molecule has 8 heteroatoms. The monoisotopic (exact) mass is 299 g/mol. The van der Waals surface area contributed by atoms with Crippen molar-refractivity contribution in [2.24, 2.45) is 0 Å². The van der Waals surface area contributed by atoms with Gasteiger partial charge in [-0.1, -0.05) is 17.5 Å². The van der Waals surface area contributed by atoms with Gasteiger partial charge >= 0.3 is 5.69 Å². The van der Waals surface area contributed by atoms with Crippen LogP contribution in [0.25, 0.3) is 0 Å². The number of hydrogen-bond donors (Lipinski definition) is 3. The van der Waals surface area contributed by atoms with Gasteiger partial charge in [-0.2, -0.15) is 4.98 Å². The Balaban J connectivity index is 2.52. The molecule has 1 aromatic rings. The van der Waals surface area contributed by atoms with E-state index in [0.29, 0.717) is 0 Å². The van der Waals surface area contributed by atoms with Crippen molar-refractivity contribution in [1.29, 1.82) is 0 Å². The maximum Gasteiger partial charge on any atom is 0.351 e. The molecule has 1 unspecified atom stereocenters. The van der Waals surface area contributed by atoms with Gasteiger partial charge in [0.15, 0.2) is 11.1 Å². The third-order valence-electron chi connectivity index (χ3n) is 3.05. The summed E-state index contributed by atoms with van der Waals surface area (Å²) in [6, 6.07) is 1.40. The lowest BCUT2D eigenvalue weighted by Crippen LogP contribution is -2.43. The zero-order valence-electron chi connectivity index (χ0n) is 10.7. The molecule has 108 valence electrons. The van der Waals surface area contributed by atoms with Gasteiger partial charge in [0.05, 0.1) is 6.61 Å². The van der Waals surface area contributed by atoms with Crippen LogP contribution in [0.2, 0.25) is 0 Å². The van der Waals surface area contributed by atoms with Gasteiger partial charge in [-0.3, -0.25) is 4.57 Å². The number of anilines is 1. The minimum Gasteiger partial charge on any atom is -0.394 e. The summed E-state index contributed by atoms with van der Waals surface area (Å²) >= 11 is 6.33. The summed E-state index contributed by atoms with van der Waals surface area (Å²) in [6.45, 7) is 1.10. The van der Waals surface area contributed by atoms with E-state index in [4.69, 9.17) is 22.1 Å². The molecule has 0 spiro atoms. The molecular weight excluding hydrogens is 286 g/mol.